The first-order chi connectivity index (χ1) is 9.75. The number of piperidine rings is 2. The quantitative estimate of drug-likeness (QED) is 0.804. The molecule has 0 aromatic carbocycles. The average Bonchev–Trinajstić information content (AvgIpc) is 2.49. The maximum absolute atomic E-state index is 11.9. The molecule has 2 heterocycles. The lowest BCUT2D eigenvalue weighted by molar-refractivity contribution is -0.132. The molecule has 0 radical (unpaired) electrons. The van der Waals surface area contributed by atoms with E-state index in [4.69, 9.17) is 0 Å². The van der Waals surface area contributed by atoms with Crippen molar-refractivity contribution in [2.75, 3.05) is 32.7 Å². The van der Waals surface area contributed by atoms with Gasteiger partial charge in [0.15, 0.2) is 0 Å². The van der Waals surface area contributed by atoms with Gasteiger partial charge in [0.1, 0.15) is 0 Å². The molecule has 2 fully saturated rings. The summed E-state index contributed by atoms with van der Waals surface area (Å²) in [6.45, 7) is 4.31. The first kappa shape index (κ1) is 18.2. The van der Waals surface area contributed by atoms with Gasteiger partial charge < -0.3 is 15.5 Å². The number of carbonyl (C=O) groups is 2. The Labute approximate surface area is 133 Å². The van der Waals surface area contributed by atoms with Gasteiger partial charge in [-0.25, -0.2) is 0 Å². The molecule has 122 valence electrons. The Hall–Kier alpha value is -0.810. The molecule has 0 aliphatic carbocycles. The topological polar surface area (TPSA) is 61.4 Å². The third kappa shape index (κ3) is 6.66. The van der Waals surface area contributed by atoms with Gasteiger partial charge in [-0.2, -0.15) is 0 Å². The van der Waals surface area contributed by atoms with Gasteiger partial charge in [-0.05, 0) is 51.1 Å². The largest absolute Gasteiger partial charge is 0.356 e. The number of nitrogens with zero attached hydrogens (tertiary/aromatic N) is 1. The Balaban J connectivity index is 0.00000220. The number of likely N-dealkylation sites (tertiary alicyclic amines) is 1. The molecule has 0 atom stereocenters. The van der Waals surface area contributed by atoms with E-state index in [9.17, 15) is 9.59 Å². The highest BCUT2D eigenvalue weighted by atomic mass is 35.5. The molecular weight excluding hydrogens is 290 g/mol. The van der Waals surface area contributed by atoms with Crippen LogP contribution in [0.3, 0.4) is 0 Å². The van der Waals surface area contributed by atoms with E-state index in [1.165, 1.54) is 6.42 Å². The maximum Gasteiger partial charge on any atom is 0.224 e. The van der Waals surface area contributed by atoms with E-state index < -0.39 is 0 Å². The van der Waals surface area contributed by atoms with Crippen molar-refractivity contribution in [3.63, 3.8) is 0 Å². The van der Waals surface area contributed by atoms with Crippen molar-refractivity contribution in [1.29, 1.82) is 0 Å². The van der Waals surface area contributed by atoms with Gasteiger partial charge in [-0.3, -0.25) is 9.59 Å². The summed E-state index contributed by atoms with van der Waals surface area (Å²) in [6.07, 6.45) is 6.69. The van der Waals surface area contributed by atoms with Crippen molar-refractivity contribution in [3.8, 4) is 0 Å². The number of amides is 2. The minimum absolute atomic E-state index is 0. The molecule has 0 spiro atoms. The second-order valence-electron chi connectivity index (χ2n) is 5.94. The summed E-state index contributed by atoms with van der Waals surface area (Å²) in [5, 5.41) is 6.19. The van der Waals surface area contributed by atoms with Gasteiger partial charge in [-0.15, -0.1) is 12.4 Å². The minimum Gasteiger partial charge on any atom is -0.356 e. The molecule has 0 aromatic rings. The average molecular weight is 318 g/mol. The number of halogens is 1. The molecule has 6 heteroatoms. The summed E-state index contributed by atoms with van der Waals surface area (Å²) in [5.74, 6) is 0.796. The van der Waals surface area contributed by atoms with Crippen LogP contribution in [0.5, 0.6) is 0 Å². The molecule has 5 nitrogen and oxygen atoms in total. The predicted octanol–water partition coefficient (Wildman–Crippen LogP) is 1.32. The highest BCUT2D eigenvalue weighted by Gasteiger charge is 2.18. The zero-order chi connectivity index (χ0) is 14.2. The Bertz CT molecular complexity index is 327. The van der Waals surface area contributed by atoms with Gasteiger partial charge in [0.05, 0.1) is 0 Å². The normalized spacial score (nSPS) is 19.7. The van der Waals surface area contributed by atoms with Crippen LogP contribution in [0.4, 0.5) is 0 Å². The SMILES string of the molecule is Cl.O=C(CC1CCNCC1)NCCC(=O)N1CCCCC1. The Morgan fingerprint density at radius 3 is 2.43 bits per heavy atom. The maximum atomic E-state index is 11.9. The third-order valence-electron chi connectivity index (χ3n) is 4.30. The van der Waals surface area contributed by atoms with E-state index in [0.29, 0.717) is 25.3 Å². The van der Waals surface area contributed by atoms with Gasteiger partial charge in [-0.1, -0.05) is 0 Å². The van der Waals surface area contributed by atoms with Crippen LogP contribution in [0, 0.1) is 5.92 Å². The molecule has 2 amide bonds. The van der Waals surface area contributed by atoms with Gasteiger partial charge in [0, 0.05) is 32.5 Å². The smallest absolute Gasteiger partial charge is 0.224 e. The summed E-state index contributed by atoms with van der Waals surface area (Å²) in [6, 6.07) is 0. The fourth-order valence-electron chi connectivity index (χ4n) is 3.03. The molecule has 0 bridgehead atoms. The predicted molar refractivity (Wildman–Crippen MR) is 85.5 cm³/mol. The molecule has 0 unspecified atom stereocenters. The number of rotatable bonds is 5. The number of carbonyl (C=O) groups excluding carboxylic acids is 2. The van der Waals surface area contributed by atoms with Gasteiger partial charge in [0.2, 0.25) is 11.8 Å². The van der Waals surface area contributed by atoms with Crippen LogP contribution in [-0.4, -0.2) is 49.4 Å². The number of hydrogen-bond acceptors (Lipinski definition) is 3. The van der Waals surface area contributed by atoms with Crippen LogP contribution in [-0.2, 0) is 9.59 Å². The van der Waals surface area contributed by atoms with E-state index in [2.05, 4.69) is 10.6 Å². The van der Waals surface area contributed by atoms with Crippen LogP contribution < -0.4 is 10.6 Å². The molecule has 0 aromatic heterocycles. The molecular formula is C15H28ClN3O2. The second-order valence-corrected chi connectivity index (χ2v) is 5.94. The number of nitrogens with one attached hydrogen (secondary N) is 2. The van der Waals surface area contributed by atoms with Crippen LogP contribution in [0.15, 0.2) is 0 Å². The van der Waals surface area contributed by atoms with Crippen LogP contribution >= 0.6 is 12.4 Å². The Kier molecular flexibility index (Phi) is 8.69. The minimum atomic E-state index is 0. The molecule has 2 saturated heterocycles. The van der Waals surface area contributed by atoms with E-state index in [1.807, 2.05) is 4.90 Å². The second kappa shape index (κ2) is 10.0. The fourth-order valence-corrected chi connectivity index (χ4v) is 3.03. The zero-order valence-corrected chi connectivity index (χ0v) is 13.6. The van der Waals surface area contributed by atoms with Crippen molar-refractivity contribution in [3.05, 3.63) is 0 Å². The van der Waals surface area contributed by atoms with E-state index in [1.54, 1.807) is 0 Å². The van der Waals surface area contributed by atoms with Gasteiger partial charge >= 0.3 is 0 Å². The zero-order valence-electron chi connectivity index (χ0n) is 12.7. The van der Waals surface area contributed by atoms with E-state index >= 15 is 0 Å². The van der Waals surface area contributed by atoms with Crippen molar-refractivity contribution < 1.29 is 9.59 Å². The lowest BCUT2D eigenvalue weighted by atomic mass is 9.94. The first-order valence-electron chi connectivity index (χ1n) is 8.01. The highest BCUT2D eigenvalue weighted by Crippen LogP contribution is 2.15. The lowest BCUT2D eigenvalue weighted by Crippen LogP contribution is -2.38. The van der Waals surface area contributed by atoms with Crippen LogP contribution in [0.2, 0.25) is 0 Å². The Morgan fingerprint density at radius 1 is 1.10 bits per heavy atom. The summed E-state index contributed by atoms with van der Waals surface area (Å²) < 4.78 is 0. The third-order valence-corrected chi connectivity index (χ3v) is 4.30. The Morgan fingerprint density at radius 2 is 1.76 bits per heavy atom. The molecule has 2 rings (SSSR count). The van der Waals surface area contributed by atoms with E-state index in [0.717, 1.165) is 51.9 Å². The van der Waals surface area contributed by atoms with Gasteiger partial charge in [0.25, 0.3) is 0 Å². The molecule has 2 aliphatic rings. The summed E-state index contributed by atoms with van der Waals surface area (Å²) in [5.41, 5.74) is 0. The first-order valence-corrected chi connectivity index (χ1v) is 8.01. The summed E-state index contributed by atoms with van der Waals surface area (Å²) in [7, 11) is 0. The van der Waals surface area contributed by atoms with Crippen molar-refractivity contribution >= 4 is 24.2 Å². The summed E-state index contributed by atoms with van der Waals surface area (Å²) >= 11 is 0. The van der Waals surface area contributed by atoms with Crippen LogP contribution in [0.1, 0.15) is 44.9 Å². The summed E-state index contributed by atoms with van der Waals surface area (Å²) in [4.78, 5) is 25.7. The van der Waals surface area contributed by atoms with Crippen molar-refractivity contribution in [2.45, 2.75) is 44.9 Å². The molecule has 2 aliphatic heterocycles. The fraction of sp³-hybridized carbons (Fsp3) is 0.867. The molecule has 0 saturated carbocycles. The number of hydrogen-bond donors (Lipinski definition) is 2. The molecule has 21 heavy (non-hydrogen) atoms. The van der Waals surface area contributed by atoms with Crippen LogP contribution in [0.25, 0.3) is 0 Å². The van der Waals surface area contributed by atoms with E-state index in [-0.39, 0.29) is 24.2 Å². The lowest BCUT2D eigenvalue weighted by Gasteiger charge is -2.26. The molecule has 2 N–H and O–H groups in total. The van der Waals surface area contributed by atoms with Crippen molar-refractivity contribution in [2.24, 2.45) is 5.92 Å². The highest BCUT2D eigenvalue weighted by molar-refractivity contribution is 5.85. The van der Waals surface area contributed by atoms with Crippen molar-refractivity contribution in [1.82, 2.24) is 15.5 Å². The monoisotopic (exact) mass is 317 g/mol. The standard InChI is InChI=1S/C15H27N3O2.ClH/c19-14(12-13-4-7-16-8-5-13)17-9-6-15(20)18-10-2-1-3-11-18;/h13,16H,1-12H2,(H,17,19);1H.